The summed E-state index contributed by atoms with van der Waals surface area (Å²) < 4.78 is 28.7. The van der Waals surface area contributed by atoms with Crippen LogP contribution in [0.15, 0.2) is 65.8 Å². The summed E-state index contributed by atoms with van der Waals surface area (Å²) in [6.45, 7) is 0.833. The number of esters is 1. The van der Waals surface area contributed by atoms with Gasteiger partial charge >= 0.3 is 5.97 Å². The molecule has 0 radical (unpaired) electrons. The second-order valence-corrected chi connectivity index (χ2v) is 7.64. The highest BCUT2D eigenvalue weighted by Gasteiger charge is 2.50. The molecular formula is C24H29N3O7. The number of carbonyl (C=O) groups is 1. The maximum atomic E-state index is 12.3. The Hall–Kier alpha value is -2.98. The Morgan fingerprint density at radius 1 is 1.00 bits per heavy atom. The van der Waals surface area contributed by atoms with Gasteiger partial charge in [0.25, 0.3) is 0 Å². The molecule has 2 aromatic rings. The molecule has 34 heavy (non-hydrogen) atoms. The molecule has 0 unspecified atom stereocenters. The molecule has 1 N–H and O–H groups in total. The van der Waals surface area contributed by atoms with Crippen molar-refractivity contribution >= 4 is 5.97 Å². The quantitative estimate of drug-likeness (QED) is 0.165. The maximum Gasteiger partial charge on any atom is 0.337 e. The fourth-order valence-electron chi connectivity index (χ4n) is 3.55. The van der Waals surface area contributed by atoms with Crippen LogP contribution in [0.25, 0.3) is 10.4 Å². The highest BCUT2D eigenvalue weighted by molar-refractivity contribution is 5.75. The van der Waals surface area contributed by atoms with E-state index in [0.29, 0.717) is 6.42 Å². The van der Waals surface area contributed by atoms with Gasteiger partial charge in [0, 0.05) is 18.1 Å². The van der Waals surface area contributed by atoms with E-state index >= 15 is 0 Å². The average molecular weight is 472 g/mol. The lowest BCUT2D eigenvalue weighted by Crippen LogP contribution is -2.62. The third-order valence-corrected chi connectivity index (χ3v) is 5.27. The van der Waals surface area contributed by atoms with Gasteiger partial charge in [-0.1, -0.05) is 65.8 Å². The van der Waals surface area contributed by atoms with Crippen LogP contribution in [-0.4, -0.2) is 62.0 Å². The number of aliphatic hydroxyl groups is 1. The van der Waals surface area contributed by atoms with E-state index in [2.05, 4.69) is 10.0 Å². The molecule has 10 nitrogen and oxygen atoms in total. The van der Waals surface area contributed by atoms with Crippen LogP contribution >= 0.6 is 0 Å². The Balaban J connectivity index is 1.80. The van der Waals surface area contributed by atoms with Crippen LogP contribution in [0.1, 0.15) is 17.5 Å². The summed E-state index contributed by atoms with van der Waals surface area (Å²) in [6.07, 6.45) is -5.04. The lowest BCUT2D eigenvalue weighted by Gasteiger charge is -2.43. The van der Waals surface area contributed by atoms with E-state index < -0.39 is 36.7 Å². The van der Waals surface area contributed by atoms with Gasteiger partial charge in [0.05, 0.1) is 20.3 Å². The number of azide groups is 1. The summed E-state index contributed by atoms with van der Waals surface area (Å²) in [7, 11) is 1.21. The van der Waals surface area contributed by atoms with Crippen molar-refractivity contribution in [1.29, 1.82) is 0 Å². The van der Waals surface area contributed by atoms with Crippen molar-refractivity contribution in [3.8, 4) is 0 Å². The van der Waals surface area contributed by atoms with Crippen molar-refractivity contribution in [2.75, 3.05) is 20.3 Å². The smallest absolute Gasteiger partial charge is 0.337 e. The highest BCUT2D eigenvalue weighted by Crippen LogP contribution is 2.29. The molecule has 0 bridgehead atoms. The van der Waals surface area contributed by atoms with Crippen molar-refractivity contribution < 1.29 is 33.6 Å². The van der Waals surface area contributed by atoms with Crippen LogP contribution < -0.4 is 0 Å². The fraction of sp³-hybridized carbons (Fsp3) is 0.458. The number of aliphatic hydroxyl groups excluding tert-OH is 1. The van der Waals surface area contributed by atoms with Crippen LogP contribution in [0.4, 0.5) is 0 Å². The van der Waals surface area contributed by atoms with Crippen LogP contribution in [0, 0.1) is 0 Å². The third-order valence-electron chi connectivity index (χ3n) is 5.27. The van der Waals surface area contributed by atoms with Crippen LogP contribution in [-0.2, 0) is 41.7 Å². The second-order valence-electron chi connectivity index (χ2n) is 7.64. The number of rotatable bonds is 12. The minimum absolute atomic E-state index is 0.185. The molecule has 3 rings (SSSR count). The predicted octanol–water partition coefficient (Wildman–Crippen LogP) is 3.13. The molecule has 0 amide bonds. The van der Waals surface area contributed by atoms with Gasteiger partial charge in [0.2, 0.25) is 0 Å². The monoisotopic (exact) mass is 471 g/mol. The molecule has 182 valence electrons. The lowest BCUT2D eigenvalue weighted by molar-refractivity contribution is -0.313. The van der Waals surface area contributed by atoms with Crippen LogP contribution in [0.3, 0.4) is 0 Å². The van der Waals surface area contributed by atoms with Crippen molar-refractivity contribution in [1.82, 2.24) is 0 Å². The standard InChI is InChI=1S/C24H29N3O7/c1-30-23(29)21-19(28)20(32-15-17-9-4-2-5-10-17)22(33-16-18-11-6-3-7-12-18)24(34-21)31-14-8-13-26-27-25/h2-7,9-12,19-22,24,28H,8,13-16H2,1H3/t19-,20-,21-,22-,24+/m0/s1. The lowest BCUT2D eigenvalue weighted by atomic mass is 9.98. The summed E-state index contributed by atoms with van der Waals surface area (Å²) in [5.74, 6) is -0.745. The topological polar surface area (TPSA) is 132 Å². The number of ether oxygens (including phenoxy) is 5. The maximum absolute atomic E-state index is 12.3. The first-order valence-electron chi connectivity index (χ1n) is 11.0. The zero-order chi connectivity index (χ0) is 24.2. The normalized spacial score (nSPS) is 24.2. The number of hydrogen-bond donors (Lipinski definition) is 1. The van der Waals surface area contributed by atoms with Crippen molar-refractivity contribution in [3.05, 3.63) is 82.2 Å². The first-order valence-corrected chi connectivity index (χ1v) is 11.0. The van der Waals surface area contributed by atoms with Crippen LogP contribution in [0.5, 0.6) is 0 Å². The molecule has 0 aliphatic carbocycles. The fourth-order valence-corrected chi connectivity index (χ4v) is 3.55. The van der Waals surface area contributed by atoms with Gasteiger partial charge < -0.3 is 28.8 Å². The molecule has 0 aromatic heterocycles. The van der Waals surface area contributed by atoms with Crippen molar-refractivity contribution in [2.45, 2.75) is 50.3 Å². The van der Waals surface area contributed by atoms with Crippen molar-refractivity contribution in [2.24, 2.45) is 5.11 Å². The molecule has 1 fully saturated rings. The molecule has 2 aromatic carbocycles. The largest absolute Gasteiger partial charge is 0.467 e. The molecular weight excluding hydrogens is 442 g/mol. The molecule has 1 saturated heterocycles. The average Bonchev–Trinajstić information content (AvgIpc) is 2.88. The van der Waals surface area contributed by atoms with Gasteiger partial charge in [-0.05, 0) is 23.1 Å². The van der Waals surface area contributed by atoms with Gasteiger partial charge in [0.15, 0.2) is 12.4 Å². The number of nitrogens with zero attached hydrogens (tertiary/aromatic N) is 3. The van der Waals surface area contributed by atoms with Crippen molar-refractivity contribution in [3.63, 3.8) is 0 Å². The molecule has 1 aliphatic rings. The summed E-state index contributed by atoms with van der Waals surface area (Å²) in [6, 6.07) is 19.0. The Kier molecular flexibility index (Phi) is 10.3. The van der Waals surface area contributed by atoms with E-state index in [-0.39, 0.29) is 26.4 Å². The zero-order valence-electron chi connectivity index (χ0n) is 18.9. The minimum Gasteiger partial charge on any atom is -0.467 e. The number of hydrogen-bond acceptors (Lipinski definition) is 8. The first-order chi connectivity index (χ1) is 16.6. The predicted molar refractivity (Wildman–Crippen MR) is 121 cm³/mol. The van der Waals surface area contributed by atoms with Gasteiger partial charge in [0.1, 0.15) is 18.3 Å². The highest BCUT2D eigenvalue weighted by atomic mass is 16.7. The van der Waals surface area contributed by atoms with E-state index in [1.807, 2.05) is 60.7 Å². The first kappa shape index (κ1) is 25.6. The van der Waals surface area contributed by atoms with E-state index in [0.717, 1.165) is 11.1 Å². The Bertz CT molecular complexity index is 925. The SMILES string of the molecule is COC(=O)[C@H]1O[C@@H](OCCCN=[N+]=[N-])[C@@H](OCc2ccccc2)[C@@H](OCc2ccccc2)[C@@H]1O. The molecule has 0 spiro atoms. The number of benzene rings is 2. The molecule has 0 saturated carbocycles. The van der Waals surface area contributed by atoms with E-state index in [9.17, 15) is 9.90 Å². The van der Waals surface area contributed by atoms with Gasteiger partial charge in [-0.3, -0.25) is 0 Å². The number of carbonyl (C=O) groups excluding carboxylic acids is 1. The molecule has 1 heterocycles. The van der Waals surface area contributed by atoms with Gasteiger partial charge in [-0.15, -0.1) is 0 Å². The minimum atomic E-state index is -1.35. The summed E-state index contributed by atoms with van der Waals surface area (Å²) in [4.78, 5) is 15.0. The Labute approximate surface area is 198 Å². The third kappa shape index (κ3) is 7.26. The Morgan fingerprint density at radius 3 is 2.15 bits per heavy atom. The summed E-state index contributed by atoms with van der Waals surface area (Å²) in [5.41, 5.74) is 10.3. The summed E-state index contributed by atoms with van der Waals surface area (Å²) >= 11 is 0. The second kappa shape index (κ2) is 13.7. The molecule has 5 atom stereocenters. The molecule has 10 heteroatoms. The Morgan fingerprint density at radius 2 is 1.59 bits per heavy atom. The summed E-state index contributed by atoms with van der Waals surface area (Å²) in [5, 5.41) is 14.5. The van der Waals surface area contributed by atoms with Crippen LogP contribution in [0.2, 0.25) is 0 Å². The number of methoxy groups -OCH3 is 1. The van der Waals surface area contributed by atoms with E-state index in [1.165, 1.54) is 7.11 Å². The zero-order valence-corrected chi connectivity index (χ0v) is 18.9. The van der Waals surface area contributed by atoms with Gasteiger partial charge in [-0.2, -0.15) is 0 Å². The van der Waals surface area contributed by atoms with E-state index in [1.54, 1.807) is 0 Å². The van der Waals surface area contributed by atoms with Gasteiger partial charge in [-0.25, -0.2) is 4.79 Å². The van der Waals surface area contributed by atoms with E-state index in [4.69, 9.17) is 29.2 Å². The molecule has 1 aliphatic heterocycles.